The molecule has 2 atom stereocenters. The maximum absolute atomic E-state index is 15.0. The molecule has 0 radical (unpaired) electrons. The van der Waals surface area contributed by atoms with Crippen LogP contribution in [0.2, 0.25) is 5.15 Å². The molecule has 0 N–H and O–H groups in total. The molecule has 0 unspecified atom stereocenters. The van der Waals surface area contributed by atoms with Crippen LogP contribution in [0.5, 0.6) is 0 Å². The van der Waals surface area contributed by atoms with E-state index in [4.69, 9.17) is 21.3 Å². The molecule has 2 aromatic heterocycles. The van der Waals surface area contributed by atoms with Crippen LogP contribution >= 0.6 is 11.6 Å². The molecule has 0 aliphatic carbocycles. The van der Waals surface area contributed by atoms with Crippen molar-refractivity contribution in [2.75, 3.05) is 50.1 Å². The highest BCUT2D eigenvalue weighted by Gasteiger charge is 2.45. The van der Waals surface area contributed by atoms with Crippen LogP contribution in [0.3, 0.4) is 0 Å². The molecule has 1 amide bonds. The van der Waals surface area contributed by atoms with Gasteiger partial charge in [-0.2, -0.15) is 4.98 Å². The monoisotopic (exact) mass is 491 g/mol. The normalized spacial score (nSPS) is 23.1. The zero-order valence-corrected chi connectivity index (χ0v) is 21.0. The van der Waals surface area contributed by atoms with Crippen LogP contribution in [0.4, 0.5) is 21.0 Å². The summed E-state index contributed by atoms with van der Waals surface area (Å²) in [5.41, 5.74) is -0.370. The van der Waals surface area contributed by atoms with Crippen LogP contribution in [-0.4, -0.2) is 94.8 Å². The molecule has 3 fully saturated rings. The Morgan fingerprint density at radius 3 is 2.35 bits per heavy atom. The highest BCUT2D eigenvalue weighted by molar-refractivity contribution is 6.30. The quantitative estimate of drug-likeness (QED) is 0.606. The molecule has 2 aromatic rings. The number of fused-ring (bicyclic) bond motifs is 3. The van der Waals surface area contributed by atoms with Gasteiger partial charge in [-0.15, -0.1) is 0 Å². The third kappa shape index (κ3) is 4.11. The molecule has 3 saturated heterocycles. The topological polar surface area (TPSA) is 77.9 Å². The molecule has 3 aliphatic rings. The van der Waals surface area contributed by atoms with E-state index < -0.39 is 11.4 Å². The third-order valence-electron chi connectivity index (χ3n) is 6.87. The molecule has 34 heavy (non-hydrogen) atoms. The number of ether oxygens (including phenoxy) is 1. The first-order chi connectivity index (χ1) is 16.0. The number of nitrogens with zero attached hydrogens (tertiary/aromatic N) is 7. The Labute approximate surface area is 203 Å². The summed E-state index contributed by atoms with van der Waals surface area (Å²) in [7, 11) is 4.08. The standard InChI is InChI=1S/C23H31ClFN7O2/c1-23(2,3)34-22(33)32-13-6-7-14(32)10-30(9-13)20-16-8-26-19(24)17(25)18(16)27-21(28-20)31-11-15(12-31)29(4)5/h8,13-15H,6-7,9-12H2,1-5H3/t13-,14+. The highest BCUT2D eigenvalue weighted by atomic mass is 35.5. The number of amides is 1. The van der Waals surface area contributed by atoms with Crippen molar-refractivity contribution in [1.82, 2.24) is 24.8 Å². The summed E-state index contributed by atoms with van der Waals surface area (Å²) in [4.78, 5) is 34.5. The van der Waals surface area contributed by atoms with Gasteiger partial charge in [0.15, 0.2) is 11.0 Å². The number of rotatable bonds is 3. The first-order valence-electron chi connectivity index (χ1n) is 11.7. The number of hydrogen-bond donors (Lipinski definition) is 0. The molecule has 0 spiro atoms. The zero-order chi connectivity index (χ0) is 24.4. The van der Waals surface area contributed by atoms with Crippen molar-refractivity contribution in [3.05, 3.63) is 17.2 Å². The third-order valence-corrected chi connectivity index (χ3v) is 7.13. The molecule has 3 aliphatic heterocycles. The van der Waals surface area contributed by atoms with Gasteiger partial charge in [-0.25, -0.2) is 19.2 Å². The van der Waals surface area contributed by atoms with Crippen LogP contribution in [0, 0.1) is 5.82 Å². The van der Waals surface area contributed by atoms with Gasteiger partial charge in [0.1, 0.15) is 16.9 Å². The van der Waals surface area contributed by atoms with Crippen LogP contribution in [0.1, 0.15) is 33.6 Å². The second kappa shape index (κ2) is 8.34. The van der Waals surface area contributed by atoms with Gasteiger partial charge in [-0.05, 0) is 47.7 Å². The minimum absolute atomic E-state index is 0.00861. The molecule has 9 nitrogen and oxygen atoms in total. The maximum atomic E-state index is 15.0. The summed E-state index contributed by atoms with van der Waals surface area (Å²) in [6.45, 7) is 8.35. The summed E-state index contributed by atoms with van der Waals surface area (Å²) < 4.78 is 20.7. The number of hydrogen-bond acceptors (Lipinski definition) is 8. The smallest absolute Gasteiger partial charge is 0.410 e. The van der Waals surface area contributed by atoms with E-state index in [1.165, 1.54) is 0 Å². The van der Waals surface area contributed by atoms with Crippen LogP contribution in [-0.2, 0) is 4.74 Å². The van der Waals surface area contributed by atoms with E-state index in [2.05, 4.69) is 19.8 Å². The summed E-state index contributed by atoms with van der Waals surface area (Å²) >= 11 is 5.99. The molecule has 11 heteroatoms. The van der Waals surface area contributed by atoms with E-state index in [9.17, 15) is 4.79 Å². The second-order valence-corrected chi connectivity index (χ2v) is 11.0. The van der Waals surface area contributed by atoms with Crippen molar-refractivity contribution in [1.29, 1.82) is 0 Å². The lowest BCUT2D eigenvalue weighted by atomic mass is 10.1. The van der Waals surface area contributed by atoms with Crippen molar-refractivity contribution < 1.29 is 13.9 Å². The van der Waals surface area contributed by atoms with E-state index >= 15 is 4.39 Å². The minimum atomic E-state index is -0.635. The lowest BCUT2D eigenvalue weighted by molar-refractivity contribution is 0.0123. The predicted molar refractivity (Wildman–Crippen MR) is 129 cm³/mol. The molecule has 5 rings (SSSR count). The van der Waals surface area contributed by atoms with Crippen molar-refractivity contribution in [2.45, 2.75) is 57.3 Å². The number of likely N-dealkylation sites (N-methyl/N-ethyl adjacent to an activating group) is 1. The van der Waals surface area contributed by atoms with E-state index in [1.54, 1.807) is 6.20 Å². The van der Waals surface area contributed by atoms with Gasteiger partial charge in [0.25, 0.3) is 0 Å². The second-order valence-electron chi connectivity index (χ2n) is 10.7. The van der Waals surface area contributed by atoms with E-state index in [1.807, 2.05) is 44.7 Å². The summed E-state index contributed by atoms with van der Waals surface area (Å²) in [5.74, 6) is 0.491. The fraction of sp³-hybridized carbons (Fsp3) is 0.652. The van der Waals surface area contributed by atoms with Crippen LogP contribution < -0.4 is 9.80 Å². The molecular weight excluding hydrogens is 461 g/mol. The Morgan fingerprint density at radius 1 is 1.12 bits per heavy atom. The minimum Gasteiger partial charge on any atom is -0.444 e. The van der Waals surface area contributed by atoms with Crippen molar-refractivity contribution in [2.24, 2.45) is 0 Å². The highest BCUT2D eigenvalue weighted by Crippen LogP contribution is 2.37. The average molecular weight is 492 g/mol. The molecule has 184 valence electrons. The lowest BCUT2D eigenvalue weighted by Gasteiger charge is -2.44. The molecular formula is C23H31ClFN7O2. The predicted octanol–water partition coefficient (Wildman–Crippen LogP) is 3.16. The molecule has 0 aromatic carbocycles. The Bertz CT molecular complexity index is 1100. The fourth-order valence-electron chi connectivity index (χ4n) is 5.02. The Kier molecular flexibility index (Phi) is 5.71. The summed E-state index contributed by atoms with van der Waals surface area (Å²) in [6, 6.07) is 0.422. The van der Waals surface area contributed by atoms with Gasteiger partial charge in [-0.1, -0.05) is 11.6 Å². The SMILES string of the molecule is CN(C)C1CN(c2nc(N3C[C@H]4CC[C@@H](C3)N4C(=O)OC(C)(C)C)c3cnc(Cl)c(F)c3n2)C1. The van der Waals surface area contributed by atoms with Crippen LogP contribution in [0.25, 0.3) is 10.9 Å². The zero-order valence-electron chi connectivity index (χ0n) is 20.3. The first kappa shape index (κ1) is 23.3. The summed E-state index contributed by atoms with van der Waals surface area (Å²) in [5, 5.41) is 0.327. The van der Waals surface area contributed by atoms with E-state index in [0.29, 0.717) is 36.3 Å². The number of aromatic nitrogens is 3. The van der Waals surface area contributed by atoms with Crippen molar-refractivity contribution in [3.63, 3.8) is 0 Å². The van der Waals surface area contributed by atoms with Gasteiger partial charge >= 0.3 is 6.09 Å². The number of carbonyl (C=O) groups is 1. The van der Waals surface area contributed by atoms with Crippen molar-refractivity contribution >= 4 is 40.4 Å². The van der Waals surface area contributed by atoms with Gasteiger partial charge in [-0.3, -0.25) is 4.90 Å². The van der Waals surface area contributed by atoms with Crippen molar-refractivity contribution in [3.8, 4) is 0 Å². The number of halogens is 2. The largest absolute Gasteiger partial charge is 0.444 e. The molecule has 0 saturated carbocycles. The lowest BCUT2D eigenvalue weighted by Crippen LogP contribution is -2.58. The van der Waals surface area contributed by atoms with E-state index in [0.717, 1.165) is 25.9 Å². The Hall–Kier alpha value is -2.46. The summed E-state index contributed by atoms with van der Waals surface area (Å²) in [6.07, 6.45) is 3.06. The Balaban J connectivity index is 1.47. The van der Waals surface area contributed by atoms with E-state index in [-0.39, 0.29) is 28.8 Å². The van der Waals surface area contributed by atoms with Gasteiger partial charge in [0.05, 0.1) is 17.5 Å². The van der Waals surface area contributed by atoms with Gasteiger partial charge in [0, 0.05) is 38.4 Å². The first-order valence-corrected chi connectivity index (χ1v) is 12.1. The Morgan fingerprint density at radius 2 is 1.76 bits per heavy atom. The molecule has 2 bridgehead atoms. The van der Waals surface area contributed by atoms with Crippen LogP contribution in [0.15, 0.2) is 6.20 Å². The fourth-order valence-corrected chi connectivity index (χ4v) is 5.16. The number of anilines is 2. The number of piperazine rings is 1. The van der Waals surface area contributed by atoms with Gasteiger partial charge < -0.3 is 19.4 Å². The average Bonchev–Trinajstić information content (AvgIpc) is 2.98. The molecule has 5 heterocycles. The maximum Gasteiger partial charge on any atom is 0.410 e. The number of pyridine rings is 1. The van der Waals surface area contributed by atoms with Gasteiger partial charge in [0.2, 0.25) is 5.95 Å². The number of carbonyl (C=O) groups excluding carboxylic acids is 1.